The summed E-state index contributed by atoms with van der Waals surface area (Å²) < 4.78 is 0. The van der Waals surface area contributed by atoms with Crippen LogP contribution in [-0.4, -0.2) is 35.1 Å². The molecule has 1 aliphatic heterocycles. The number of rotatable bonds is 3. The molecule has 1 N–H and O–H groups in total. The molecule has 2 aliphatic carbocycles. The van der Waals surface area contributed by atoms with Gasteiger partial charge in [-0.3, -0.25) is 9.69 Å². The first-order valence-corrected chi connectivity index (χ1v) is 7.71. The van der Waals surface area contributed by atoms with Crippen molar-refractivity contribution in [1.29, 1.82) is 0 Å². The molecule has 0 aromatic heterocycles. The van der Waals surface area contributed by atoms with Gasteiger partial charge >= 0.3 is 5.97 Å². The van der Waals surface area contributed by atoms with Crippen LogP contribution in [0.25, 0.3) is 0 Å². The first kappa shape index (κ1) is 12.5. The van der Waals surface area contributed by atoms with Crippen LogP contribution in [0.15, 0.2) is 0 Å². The summed E-state index contributed by atoms with van der Waals surface area (Å²) in [6.45, 7) is 1.93. The van der Waals surface area contributed by atoms with Crippen molar-refractivity contribution in [3.63, 3.8) is 0 Å². The molecule has 1 heterocycles. The van der Waals surface area contributed by atoms with Crippen LogP contribution in [0.4, 0.5) is 0 Å². The summed E-state index contributed by atoms with van der Waals surface area (Å²) in [5, 5.41) is 9.18. The molecule has 0 aromatic carbocycles. The van der Waals surface area contributed by atoms with Crippen molar-refractivity contribution in [2.24, 2.45) is 17.8 Å². The van der Waals surface area contributed by atoms with Crippen molar-refractivity contribution in [1.82, 2.24) is 4.90 Å². The van der Waals surface area contributed by atoms with E-state index in [-0.39, 0.29) is 5.92 Å². The van der Waals surface area contributed by atoms with E-state index in [4.69, 9.17) is 0 Å². The quantitative estimate of drug-likeness (QED) is 0.838. The molecule has 1 saturated heterocycles. The SMILES string of the molecule is O=C(O)C1CCCN(C2CCCC(C3CC3)C2)C1. The Bertz CT molecular complexity index is 314. The average Bonchev–Trinajstić information content (AvgIpc) is 3.23. The van der Waals surface area contributed by atoms with Crippen molar-refractivity contribution in [2.75, 3.05) is 13.1 Å². The minimum Gasteiger partial charge on any atom is -0.481 e. The third kappa shape index (κ3) is 2.71. The summed E-state index contributed by atoms with van der Waals surface area (Å²) in [5.41, 5.74) is 0. The van der Waals surface area contributed by atoms with Crippen molar-refractivity contribution in [2.45, 2.75) is 57.4 Å². The number of nitrogens with zero attached hydrogens (tertiary/aromatic N) is 1. The standard InChI is InChI=1S/C15H25NO2/c17-15(18)13-4-2-8-16(10-13)14-5-1-3-12(9-14)11-6-7-11/h11-14H,1-10H2,(H,17,18). The summed E-state index contributed by atoms with van der Waals surface area (Å²) in [6.07, 6.45) is 10.3. The van der Waals surface area contributed by atoms with Gasteiger partial charge in [0.05, 0.1) is 5.92 Å². The highest BCUT2D eigenvalue weighted by Crippen LogP contribution is 2.45. The molecule has 3 fully saturated rings. The first-order chi connectivity index (χ1) is 8.74. The molecule has 0 aromatic rings. The molecule has 18 heavy (non-hydrogen) atoms. The van der Waals surface area contributed by atoms with Gasteiger partial charge in [0.25, 0.3) is 0 Å². The van der Waals surface area contributed by atoms with Crippen molar-refractivity contribution in [3.8, 4) is 0 Å². The van der Waals surface area contributed by atoms with Gasteiger partial charge in [-0.05, 0) is 56.9 Å². The van der Waals surface area contributed by atoms with Gasteiger partial charge in [-0.25, -0.2) is 0 Å². The molecular weight excluding hydrogens is 226 g/mol. The highest BCUT2D eigenvalue weighted by molar-refractivity contribution is 5.70. The lowest BCUT2D eigenvalue weighted by atomic mass is 9.81. The van der Waals surface area contributed by atoms with Gasteiger partial charge in [0.15, 0.2) is 0 Å². The van der Waals surface area contributed by atoms with E-state index in [2.05, 4.69) is 4.90 Å². The lowest BCUT2D eigenvalue weighted by molar-refractivity contribution is -0.144. The Morgan fingerprint density at radius 3 is 2.56 bits per heavy atom. The lowest BCUT2D eigenvalue weighted by Gasteiger charge is -2.41. The summed E-state index contributed by atoms with van der Waals surface area (Å²) in [6, 6.07) is 0.687. The molecule has 3 heteroatoms. The number of carboxylic acid groups (broad SMARTS) is 1. The fraction of sp³-hybridized carbons (Fsp3) is 0.933. The molecule has 2 saturated carbocycles. The van der Waals surface area contributed by atoms with E-state index < -0.39 is 5.97 Å². The monoisotopic (exact) mass is 251 g/mol. The number of hydrogen-bond acceptors (Lipinski definition) is 2. The Morgan fingerprint density at radius 1 is 1.00 bits per heavy atom. The van der Waals surface area contributed by atoms with Crippen LogP contribution >= 0.6 is 0 Å². The molecule has 0 bridgehead atoms. The summed E-state index contributed by atoms with van der Waals surface area (Å²) in [5.74, 6) is 1.27. The maximum atomic E-state index is 11.1. The minimum atomic E-state index is -0.589. The molecule has 102 valence electrons. The summed E-state index contributed by atoms with van der Waals surface area (Å²) in [4.78, 5) is 13.6. The van der Waals surface area contributed by atoms with Crippen LogP contribution in [-0.2, 0) is 4.79 Å². The molecule has 0 amide bonds. The Kier molecular flexibility index (Phi) is 3.60. The minimum absolute atomic E-state index is 0.111. The molecule has 3 nitrogen and oxygen atoms in total. The third-order valence-corrected chi connectivity index (χ3v) is 5.29. The average molecular weight is 251 g/mol. The number of carboxylic acids is 1. The maximum absolute atomic E-state index is 11.1. The van der Waals surface area contributed by atoms with E-state index in [9.17, 15) is 9.90 Å². The zero-order chi connectivity index (χ0) is 12.5. The normalized spacial score (nSPS) is 38.6. The first-order valence-electron chi connectivity index (χ1n) is 7.71. The van der Waals surface area contributed by atoms with Crippen LogP contribution in [0.2, 0.25) is 0 Å². The van der Waals surface area contributed by atoms with Crippen LogP contribution in [0, 0.1) is 17.8 Å². The Balaban J connectivity index is 1.57. The molecule has 0 spiro atoms. The summed E-state index contributed by atoms with van der Waals surface area (Å²) in [7, 11) is 0. The van der Waals surface area contributed by atoms with E-state index >= 15 is 0 Å². The highest BCUT2D eigenvalue weighted by atomic mass is 16.4. The molecule has 3 aliphatic rings. The smallest absolute Gasteiger partial charge is 0.307 e. The summed E-state index contributed by atoms with van der Waals surface area (Å²) >= 11 is 0. The second-order valence-electron chi connectivity index (χ2n) is 6.59. The molecule has 0 radical (unpaired) electrons. The third-order valence-electron chi connectivity index (χ3n) is 5.29. The van der Waals surface area contributed by atoms with Crippen molar-refractivity contribution < 1.29 is 9.90 Å². The van der Waals surface area contributed by atoms with Crippen LogP contribution in [0.5, 0.6) is 0 Å². The van der Waals surface area contributed by atoms with Gasteiger partial charge in [0.1, 0.15) is 0 Å². The van der Waals surface area contributed by atoms with Crippen molar-refractivity contribution in [3.05, 3.63) is 0 Å². The fourth-order valence-electron chi connectivity index (χ4n) is 4.07. The van der Waals surface area contributed by atoms with Gasteiger partial charge < -0.3 is 5.11 Å². The molecule has 3 unspecified atom stereocenters. The van der Waals surface area contributed by atoms with Crippen LogP contribution < -0.4 is 0 Å². The largest absolute Gasteiger partial charge is 0.481 e. The molecule has 3 atom stereocenters. The molecular formula is C15H25NO2. The predicted molar refractivity (Wildman–Crippen MR) is 70.4 cm³/mol. The number of aliphatic carboxylic acids is 1. The zero-order valence-electron chi connectivity index (χ0n) is 11.2. The van der Waals surface area contributed by atoms with Gasteiger partial charge in [-0.2, -0.15) is 0 Å². The predicted octanol–water partition coefficient (Wildman–Crippen LogP) is 2.75. The number of carbonyl (C=O) groups is 1. The van der Waals surface area contributed by atoms with Crippen LogP contribution in [0.1, 0.15) is 51.4 Å². The Hall–Kier alpha value is -0.570. The number of hydrogen-bond donors (Lipinski definition) is 1. The van der Waals surface area contributed by atoms with E-state index in [1.807, 2.05) is 0 Å². The zero-order valence-corrected chi connectivity index (χ0v) is 11.2. The van der Waals surface area contributed by atoms with Gasteiger partial charge in [0.2, 0.25) is 0 Å². The van der Waals surface area contributed by atoms with E-state index in [0.717, 1.165) is 37.8 Å². The highest BCUT2D eigenvalue weighted by Gasteiger charge is 2.37. The van der Waals surface area contributed by atoms with E-state index in [1.54, 1.807) is 0 Å². The number of piperidine rings is 1. The van der Waals surface area contributed by atoms with E-state index in [0.29, 0.717) is 6.04 Å². The van der Waals surface area contributed by atoms with Gasteiger partial charge in [0, 0.05) is 12.6 Å². The van der Waals surface area contributed by atoms with Crippen molar-refractivity contribution >= 4 is 5.97 Å². The Labute approximate surface area is 110 Å². The number of likely N-dealkylation sites (tertiary alicyclic amines) is 1. The topological polar surface area (TPSA) is 40.5 Å². The van der Waals surface area contributed by atoms with Crippen LogP contribution in [0.3, 0.4) is 0 Å². The maximum Gasteiger partial charge on any atom is 0.307 e. The van der Waals surface area contributed by atoms with Gasteiger partial charge in [-0.15, -0.1) is 0 Å². The lowest BCUT2D eigenvalue weighted by Crippen LogP contribution is -2.46. The fourth-order valence-corrected chi connectivity index (χ4v) is 4.07. The molecule has 3 rings (SSSR count). The second kappa shape index (κ2) is 5.20. The Morgan fingerprint density at radius 2 is 1.83 bits per heavy atom. The van der Waals surface area contributed by atoms with Gasteiger partial charge in [-0.1, -0.05) is 12.8 Å². The van der Waals surface area contributed by atoms with E-state index in [1.165, 1.54) is 38.5 Å². The second-order valence-corrected chi connectivity index (χ2v) is 6.59.